The second-order valence-corrected chi connectivity index (χ2v) is 20.5. The number of hydrogen-bond donors (Lipinski definition) is 9. The van der Waals surface area contributed by atoms with E-state index in [0.717, 1.165) is 51.4 Å². The molecule has 0 spiro atoms. The predicted octanol–water partition coefficient (Wildman–Crippen LogP) is 6.49. The van der Waals surface area contributed by atoms with Crippen LogP contribution in [0.4, 0.5) is 0 Å². The Kier molecular flexibility index (Phi) is 35.0. The number of phosphoric ester groups is 1. The van der Waals surface area contributed by atoms with E-state index in [1.54, 1.807) is 0 Å². The quantitative estimate of drug-likeness (QED) is 0.0137. The molecule has 19 heteroatoms. The van der Waals surface area contributed by atoms with E-state index in [1.165, 1.54) is 109 Å². The third-order valence-corrected chi connectivity index (χ3v) is 14.0. The van der Waals surface area contributed by atoms with Crippen LogP contribution in [0.3, 0.4) is 0 Å². The van der Waals surface area contributed by atoms with Gasteiger partial charge in [-0.25, -0.2) is 4.57 Å². The summed E-state index contributed by atoms with van der Waals surface area (Å²) in [6, 6.07) is 0. The van der Waals surface area contributed by atoms with Crippen LogP contribution in [-0.2, 0) is 42.1 Å². The molecule has 2 rings (SSSR count). The van der Waals surface area contributed by atoms with Crippen LogP contribution in [0, 0.1) is 0 Å². The van der Waals surface area contributed by atoms with E-state index >= 15 is 0 Å². The lowest BCUT2D eigenvalue weighted by Gasteiger charge is -2.47. The number of aliphatic hydroxyl groups excluding tert-OH is 8. The third kappa shape index (κ3) is 26.8. The zero-order chi connectivity index (χ0) is 50.9. The predicted molar refractivity (Wildman–Crippen MR) is 259 cm³/mol. The highest BCUT2D eigenvalue weighted by molar-refractivity contribution is 7.47. The highest BCUT2D eigenvalue weighted by Crippen LogP contribution is 2.48. The Balaban J connectivity index is 1.93. The summed E-state index contributed by atoms with van der Waals surface area (Å²) in [5.41, 5.74) is 0. The summed E-state index contributed by atoms with van der Waals surface area (Å²) in [5, 5.41) is 83.0. The van der Waals surface area contributed by atoms with E-state index < -0.39 is 113 Å². The van der Waals surface area contributed by atoms with E-state index in [1.807, 2.05) is 0 Å². The molecule has 0 aromatic carbocycles. The maximum absolute atomic E-state index is 13.4. The van der Waals surface area contributed by atoms with Crippen LogP contribution in [0.5, 0.6) is 0 Å². The van der Waals surface area contributed by atoms with Crippen molar-refractivity contribution in [2.24, 2.45) is 0 Å². The normalized spacial score (nSPS) is 27.6. The van der Waals surface area contributed by atoms with Gasteiger partial charge in [-0.3, -0.25) is 18.6 Å². The van der Waals surface area contributed by atoms with Crippen LogP contribution in [0.25, 0.3) is 0 Å². The van der Waals surface area contributed by atoms with E-state index in [9.17, 15) is 59.9 Å². The molecule has 0 amide bonds. The molecule has 1 saturated heterocycles. The van der Waals surface area contributed by atoms with Crippen molar-refractivity contribution in [3.05, 3.63) is 12.2 Å². The number of esters is 2. The second kappa shape index (κ2) is 38.0. The van der Waals surface area contributed by atoms with Gasteiger partial charge in [-0.2, -0.15) is 0 Å². The molecule has 18 nitrogen and oxygen atoms in total. The Morgan fingerprint density at radius 3 is 1.45 bits per heavy atom. The Bertz CT molecular complexity index is 1390. The zero-order valence-corrected chi connectivity index (χ0v) is 42.8. The summed E-state index contributed by atoms with van der Waals surface area (Å²) in [6.07, 6.45) is 11.5. The molecule has 1 heterocycles. The average Bonchev–Trinajstić information content (AvgIpc) is 3.33. The van der Waals surface area contributed by atoms with Crippen molar-refractivity contribution in [1.82, 2.24) is 0 Å². The lowest BCUT2D eigenvalue weighted by molar-refractivity contribution is -0.338. The second-order valence-electron chi connectivity index (χ2n) is 19.1. The molecule has 9 N–H and O–H groups in total. The SMILES string of the molecule is CCCCCCCC/C=C\CCCCCC(=O)OCC(COP(=O)(O)OC1C(O)C(O)C(O)C(O)C1OC1OC(CO)C(O)C(O)C1O)OC(=O)CCCCCCCCCCCCCCCCCC. The summed E-state index contributed by atoms with van der Waals surface area (Å²) in [5.74, 6) is -1.23. The van der Waals surface area contributed by atoms with Gasteiger partial charge in [0.2, 0.25) is 0 Å². The number of aliphatic hydroxyl groups is 8. The summed E-state index contributed by atoms with van der Waals surface area (Å²) in [7, 11) is -5.37. The minimum Gasteiger partial charge on any atom is -0.462 e. The van der Waals surface area contributed by atoms with Gasteiger partial charge in [0.05, 0.1) is 13.2 Å². The van der Waals surface area contributed by atoms with Crippen LogP contribution in [0.2, 0.25) is 0 Å². The molecule has 13 unspecified atom stereocenters. The molecule has 0 radical (unpaired) electrons. The molecule has 0 aromatic heterocycles. The minimum absolute atomic E-state index is 0.0346. The molecule has 0 aromatic rings. The first kappa shape index (κ1) is 63.5. The summed E-state index contributed by atoms with van der Waals surface area (Å²) in [4.78, 5) is 36.6. The van der Waals surface area contributed by atoms with Crippen molar-refractivity contribution in [2.45, 2.75) is 273 Å². The molecule has 1 aliphatic carbocycles. The van der Waals surface area contributed by atoms with Crippen LogP contribution in [0.15, 0.2) is 12.2 Å². The number of carbonyl (C=O) groups is 2. The van der Waals surface area contributed by atoms with E-state index in [0.29, 0.717) is 12.8 Å². The fourth-order valence-electron chi connectivity index (χ4n) is 8.58. The van der Waals surface area contributed by atoms with Crippen LogP contribution >= 0.6 is 7.82 Å². The summed E-state index contributed by atoms with van der Waals surface area (Å²) in [6.45, 7) is 2.23. The van der Waals surface area contributed by atoms with E-state index in [-0.39, 0.29) is 12.8 Å². The molecule has 2 aliphatic rings. The van der Waals surface area contributed by atoms with Gasteiger partial charge in [-0.1, -0.05) is 161 Å². The Labute approximate surface area is 412 Å². The largest absolute Gasteiger partial charge is 0.472 e. The number of ether oxygens (including phenoxy) is 4. The lowest BCUT2D eigenvalue weighted by atomic mass is 9.84. The smallest absolute Gasteiger partial charge is 0.462 e. The first-order valence-corrected chi connectivity index (χ1v) is 28.0. The molecular formula is C50H93O18P. The van der Waals surface area contributed by atoms with Gasteiger partial charge in [-0.15, -0.1) is 0 Å². The average molecular weight is 1010 g/mol. The number of hydrogen-bond acceptors (Lipinski definition) is 17. The fourth-order valence-corrected chi connectivity index (χ4v) is 9.55. The van der Waals surface area contributed by atoms with Gasteiger partial charge >= 0.3 is 19.8 Å². The van der Waals surface area contributed by atoms with Crippen molar-refractivity contribution >= 4 is 19.8 Å². The molecule has 1 aliphatic heterocycles. The number of phosphoric acid groups is 1. The Morgan fingerprint density at radius 1 is 0.536 bits per heavy atom. The first-order chi connectivity index (χ1) is 33.2. The highest BCUT2D eigenvalue weighted by atomic mass is 31.2. The summed E-state index contributed by atoms with van der Waals surface area (Å²) >= 11 is 0. The monoisotopic (exact) mass is 1010 g/mol. The summed E-state index contributed by atoms with van der Waals surface area (Å²) < 4.78 is 45.5. The van der Waals surface area contributed by atoms with Crippen molar-refractivity contribution in [3.8, 4) is 0 Å². The molecule has 13 atom stereocenters. The first-order valence-electron chi connectivity index (χ1n) is 26.5. The Hall–Kier alpha value is -1.61. The topological polar surface area (TPSA) is 289 Å². The van der Waals surface area contributed by atoms with Crippen molar-refractivity contribution in [1.29, 1.82) is 0 Å². The van der Waals surface area contributed by atoms with Crippen molar-refractivity contribution in [3.63, 3.8) is 0 Å². The van der Waals surface area contributed by atoms with Crippen molar-refractivity contribution in [2.75, 3.05) is 19.8 Å². The zero-order valence-electron chi connectivity index (χ0n) is 41.9. The van der Waals surface area contributed by atoms with Gasteiger partial charge in [0.25, 0.3) is 0 Å². The van der Waals surface area contributed by atoms with Crippen LogP contribution < -0.4 is 0 Å². The van der Waals surface area contributed by atoms with E-state index in [2.05, 4.69) is 26.0 Å². The number of allylic oxidation sites excluding steroid dienone is 2. The van der Waals surface area contributed by atoms with Gasteiger partial charge in [0, 0.05) is 12.8 Å². The van der Waals surface area contributed by atoms with Crippen LogP contribution in [0.1, 0.15) is 200 Å². The molecule has 406 valence electrons. The van der Waals surface area contributed by atoms with Gasteiger partial charge in [0.1, 0.15) is 67.6 Å². The van der Waals surface area contributed by atoms with Gasteiger partial charge in [0.15, 0.2) is 12.4 Å². The molecule has 69 heavy (non-hydrogen) atoms. The van der Waals surface area contributed by atoms with Gasteiger partial charge < -0.3 is 64.7 Å². The van der Waals surface area contributed by atoms with Gasteiger partial charge in [-0.05, 0) is 38.5 Å². The molecule has 1 saturated carbocycles. The maximum Gasteiger partial charge on any atom is 0.472 e. The maximum atomic E-state index is 13.4. The van der Waals surface area contributed by atoms with Crippen LogP contribution in [-0.4, -0.2) is 151 Å². The molecule has 0 bridgehead atoms. The third-order valence-electron chi connectivity index (χ3n) is 13.0. The lowest BCUT2D eigenvalue weighted by Crippen LogP contribution is -2.67. The number of rotatable bonds is 41. The number of carbonyl (C=O) groups excluding carboxylic acids is 2. The standard InChI is InChI=1S/C50H93O18P/c1-3-5-7-9-11-13-15-17-18-19-21-23-25-27-29-31-33-40(53)65-37(35-63-39(52)32-30-28-26-24-22-20-16-14-12-10-8-6-4-2)36-64-69(61,62)68-49-46(59)44(57)43(56)45(58)48(49)67-50-47(60)42(55)41(54)38(34-51)66-50/h20,22,37-38,41-51,54-60H,3-19,21,23-36H2,1-2H3,(H,61,62)/b22-20-. The molecular weight excluding hydrogens is 920 g/mol. The van der Waals surface area contributed by atoms with E-state index in [4.69, 9.17) is 28.0 Å². The number of unbranched alkanes of at least 4 members (excludes halogenated alkanes) is 24. The minimum atomic E-state index is -5.37. The van der Waals surface area contributed by atoms with Crippen molar-refractivity contribution < 1.29 is 87.9 Å². The Morgan fingerprint density at radius 2 is 0.957 bits per heavy atom. The highest BCUT2D eigenvalue weighted by Gasteiger charge is 2.55. The molecule has 2 fully saturated rings. The fraction of sp³-hybridized carbons (Fsp3) is 0.920.